The number of piperidine rings is 1. The first-order chi connectivity index (χ1) is 20.2. The summed E-state index contributed by atoms with van der Waals surface area (Å²) in [5, 5.41) is 6.11. The smallest absolute Gasteiger partial charge is 0.256 e. The minimum Gasteiger partial charge on any atom is -0.496 e. The highest BCUT2D eigenvalue weighted by Gasteiger charge is 2.23. The number of carbonyl (C=O) groups excluding carboxylic acids is 1. The van der Waals surface area contributed by atoms with E-state index in [2.05, 4.69) is 56.0 Å². The highest BCUT2D eigenvalue weighted by atomic mass is 16.5. The number of carbonyl (C=O) groups is 1. The highest BCUT2D eigenvalue weighted by molar-refractivity contribution is 6.00. The second kappa shape index (κ2) is 12.2. The fourth-order valence-electron chi connectivity index (χ4n) is 6.00. The first-order valence-electron chi connectivity index (χ1n) is 14.5. The molecule has 1 aliphatic rings. The van der Waals surface area contributed by atoms with Gasteiger partial charge in [-0.25, -0.2) is 4.98 Å². The molecule has 9 nitrogen and oxygen atoms in total. The monoisotopic (exact) mass is 568 g/mol. The molecule has 4 aromatic rings. The van der Waals surface area contributed by atoms with Crippen molar-refractivity contribution in [2.24, 2.45) is 0 Å². The molecule has 0 atom stereocenters. The van der Waals surface area contributed by atoms with E-state index >= 15 is 0 Å². The molecule has 0 unspecified atom stereocenters. The fraction of sp³-hybridized carbons (Fsp3) is 0.364. The zero-order chi connectivity index (χ0) is 30.0. The van der Waals surface area contributed by atoms with Crippen LogP contribution in [0.3, 0.4) is 0 Å². The summed E-state index contributed by atoms with van der Waals surface area (Å²) in [5.74, 6) is 0.986. The summed E-state index contributed by atoms with van der Waals surface area (Å²) >= 11 is 0. The second-order valence-corrected chi connectivity index (χ2v) is 10.9. The maximum absolute atomic E-state index is 13.8. The van der Waals surface area contributed by atoms with E-state index < -0.39 is 0 Å². The van der Waals surface area contributed by atoms with Gasteiger partial charge in [0, 0.05) is 49.4 Å². The van der Waals surface area contributed by atoms with Gasteiger partial charge < -0.3 is 29.7 Å². The van der Waals surface area contributed by atoms with Crippen molar-refractivity contribution < 1.29 is 9.53 Å². The third-order valence-corrected chi connectivity index (χ3v) is 8.45. The van der Waals surface area contributed by atoms with Gasteiger partial charge in [0.1, 0.15) is 11.6 Å². The number of hydrogen-bond acceptors (Lipinski definition) is 6. The van der Waals surface area contributed by atoms with Crippen molar-refractivity contribution in [3.8, 4) is 16.9 Å². The zero-order valence-corrected chi connectivity index (χ0v) is 25.4. The van der Waals surface area contributed by atoms with Crippen molar-refractivity contribution in [1.29, 1.82) is 0 Å². The number of ether oxygens (including phenoxy) is 1. The second-order valence-electron chi connectivity index (χ2n) is 10.9. The lowest BCUT2D eigenvalue weighted by atomic mass is 9.92. The van der Waals surface area contributed by atoms with Crippen LogP contribution in [0.1, 0.15) is 59.6 Å². The Balaban J connectivity index is 1.62. The summed E-state index contributed by atoms with van der Waals surface area (Å²) in [5.41, 5.74) is 8.93. The summed E-state index contributed by atoms with van der Waals surface area (Å²) in [6.07, 6.45) is 5.90. The minimum absolute atomic E-state index is 0.0499. The molecule has 1 saturated heterocycles. The van der Waals surface area contributed by atoms with Gasteiger partial charge in [-0.05, 0) is 87.2 Å². The van der Waals surface area contributed by atoms with Gasteiger partial charge in [-0.3, -0.25) is 9.59 Å². The van der Waals surface area contributed by atoms with Crippen LogP contribution in [-0.4, -0.2) is 59.0 Å². The van der Waals surface area contributed by atoms with Crippen LogP contribution in [0.2, 0.25) is 0 Å². The van der Waals surface area contributed by atoms with Gasteiger partial charge in [0.25, 0.3) is 11.5 Å². The molecular weight excluding hydrogens is 528 g/mol. The van der Waals surface area contributed by atoms with Crippen LogP contribution >= 0.6 is 0 Å². The molecule has 1 amide bonds. The molecule has 3 N–H and O–H groups in total. The normalized spacial score (nSPS) is 13.8. The Morgan fingerprint density at radius 1 is 1.14 bits per heavy atom. The van der Waals surface area contributed by atoms with Crippen LogP contribution in [0.5, 0.6) is 5.75 Å². The van der Waals surface area contributed by atoms with E-state index in [4.69, 9.17) is 4.74 Å². The van der Waals surface area contributed by atoms with Gasteiger partial charge in [-0.2, -0.15) is 0 Å². The number of allylic oxidation sites excluding steroid dienone is 1. The number of methoxy groups -OCH3 is 1. The number of nitrogens with one attached hydrogen (secondary N) is 3. The molecule has 5 rings (SSSR count). The molecule has 42 heavy (non-hydrogen) atoms. The van der Waals surface area contributed by atoms with E-state index in [9.17, 15) is 9.59 Å². The van der Waals surface area contributed by atoms with Crippen molar-refractivity contribution in [3.05, 3.63) is 86.7 Å². The molecule has 0 spiro atoms. The maximum atomic E-state index is 13.8. The van der Waals surface area contributed by atoms with Gasteiger partial charge in [-0.1, -0.05) is 12.5 Å². The Bertz CT molecular complexity index is 1720. The lowest BCUT2D eigenvalue weighted by Gasteiger charge is -2.29. The summed E-state index contributed by atoms with van der Waals surface area (Å²) in [6, 6.07) is 9.81. The van der Waals surface area contributed by atoms with Crippen LogP contribution in [0.4, 0.5) is 5.82 Å². The molecule has 0 saturated carbocycles. The molecule has 5 heterocycles. The van der Waals surface area contributed by atoms with Gasteiger partial charge in [0.15, 0.2) is 0 Å². The molecule has 0 bridgehead atoms. The van der Waals surface area contributed by atoms with Gasteiger partial charge >= 0.3 is 0 Å². The molecule has 1 aliphatic heterocycles. The largest absolute Gasteiger partial charge is 0.496 e. The van der Waals surface area contributed by atoms with Gasteiger partial charge in [0.2, 0.25) is 0 Å². The van der Waals surface area contributed by atoms with Crippen LogP contribution in [-0.2, 0) is 6.54 Å². The quantitative estimate of drug-likeness (QED) is 0.271. The summed E-state index contributed by atoms with van der Waals surface area (Å²) in [7, 11) is 3.37. The standard InChI is InChI=1S/C33H40N6O3/c1-7-38-13-9-23(10-14-38)21(3)31-22(4)26(32(40)36-19-27-29(42-6)16-20(2)37-33(27)41)18-28-25(11-15-39(28)31)24-8-12-35-30(17-24)34-5/h8,11-12,15-18H,7,9-10,13-14,19H2,1-6H3,(H,34,35)(H,36,40)(H,37,41). The number of likely N-dealkylation sites (tertiary alicyclic amines) is 1. The predicted octanol–water partition coefficient (Wildman–Crippen LogP) is 5.18. The number of anilines is 1. The van der Waals surface area contributed by atoms with E-state index in [0.717, 1.165) is 66.2 Å². The topological polar surface area (TPSA) is 104 Å². The Morgan fingerprint density at radius 3 is 2.60 bits per heavy atom. The minimum atomic E-state index is -0.272. The van der Waals surface area contributed by atoms with E-state index in [0.29, 0.717) is 22.6 Å². The number of H-pyrrole nitrogens is 1. The third kappa shape index (κ3) is 5.56. The first-order valence-corrected chi connectivity index (χ1v) is 14.5. The molecular formula is C33H40N6O3. The van der Waals surface area contributed by atoms with E-state index in [1.165, 1.54) is 18.3 Å². The molecule has 0 aliphatic carbocycles. The fourth-order valence-corrected chi connectivity index (χ4v) is 6.00. The molecule has 0 radical (unpaired) electrons. The first kappa shape index (κ1) is 29.1. The Hall–Kier alpha value is -4.37. The van der Waals surface area contributed by atoms with Crippen LogP contribution in [0, 0.1) is 13.8 Å². The number of hydrogen-bond donors (Lipinski definition) is 3. The molecule has 1 fully saturated rings. The lowest BCUT2D eigenvalue weighted by Crippen LogP contribution is -2.30. The van der Waals surface area contributed by atoms with Crippen molar-refractivity contribution in [3.63, 3.8) is 0 Å². The zero-order valence-electron chi connectivity index (χ0n) is 25.4. The molecule has 0 aromatic carbocycles. The highest BCUT2D eigenvalue weighted by Crippen LogP contribution is 2.35. The summed E-state index contributed by atoms with van der Waals surface area (Å²) in [4.78, 5) is 36.2. The number of nitrogens with zero attached hydrogens (tertiary/aromatic N) is 3. The number of rotatable bonds is 8. The van der Waals surface area contributed by atoms with Crippen LogP contribution < -0.4 is 20.9 Å². The Morgan fingerprint density at radius 2 is 1.90 bits per heavy atom. The Labute approximate surface area is 246 Å². The van der Waals surface area contributed by atoms with Crippen LogP contribution in [0.15, 0.2) is 53.1 Å². The average molecular weight is 569 g/mol. The number of aromatic nitrogens is 3. The van der Waals surface area contributed by atoms with Gasteiger partial charge in [0.05, 0.1) is 30.4 Å². The number of aryl methyl sites for hydroxylation is 1. The number of fused-ring (bicyclic) bond motifs is 1. The van der Waals surface area contributed by atoms with Crippen molar-refractivity contribution in [1.82, 2.24) is 24.6 Å². The number of pyridine rings is 3. The number of amides is 1. The van der Waals surface area contributed by atoms with Crippen molar-refractivity contribution in [2.75, 3.05) is 39.1 Å². The van der Waals surface area contributed by atoms with Crippen molar-refractivity contribution >= 4 is 22.8 Å². The van der Waals surface area contributed by atoms with E-state index in [1.807, 2.05) is 32.2 Å². The average Bonchev–Trinajstić information content (AvgIpc) is 3.43. The maximum Gasteiger partial charge on any atom is 0.256 e. The van der Waals surface area contributed by atoms with Crippen LogP contribution in [0.25, 0.3) is 22.2 Å². The third-order valence-electron chi connectivity index (χ3n) is 8.45. The van der Waals surface area contributed by atoms with Crippen molar-refractivity contribution in [2.45, 2.75) is 47.1 Å². The lowest BCUT2D eigenvalue weighted by molar-refractivity contribution is 0.0950. The molecule has 4 aromatic heterocycles. The SMILES string of the molecule is CCN1CCC(=C(C)c2c(C)c(C(=O)NCc3c(OC)cc(C)[nH]c3=O)cc3c(-c4ccnc(NC)c4)ccn23)CC1. The number of aromatic amines is 1. The Kier molecular flexibility index (Phi) is 8.49. The summed E-state index contributed by atoms with van der Waals surface area (Å²) < 4.78 is 7.65. The molecule has 9 heteroatoms. The predicted molar refractivity (Wildman–Crippen MR) is 168 cm³/mol. The summed E-state index contributed by atoms with van der Waals surface area (Å²) in [6.45, 7) is 11.4. The van der Waals surface area contributed by atoms with E-state index in [1.54, 1.807) is 19.2 Å². The van der Waals surface area contributed by atoms with E-state index in [-0.39, 0.29) is 18.0 Å². The van der Waals surface area contributed by atoms with Gasteiger partial charge in [-0.15, -0.1) is 0 Å². The molecule has 220 valence electrons.